The molecule has 0 radical (unpaired) electrons. The molecule has 6 unspecified atom stereocenters. The maximum absolute atomic E-state index is 12.5. The minimum atomic E-state index is -2.02. The van der Waals surface area contributed by atoms with Crippen LogP contribution in [0.5, 0.6) is 40.2 Å². The molecule has 2 fully saturated rings. The molecular formula is C39H39O22+. The van der Waals surface area contributed by atoms with E-state index < -0.39 is 133 Å². The molecule has 6 rings (SSSR count). The largest absolute Gasteiger partial charge is 0.508 e. The van der Waals surface area contributed by atoms with Gasteiger partial charge in [-0.15, -0.1) is 0 Å². The topological polar surface area (TPSA) is 361 Å². The second-order valence-corrected chi connectivity index (χ2v) is 13.7. The fourth-order valence-corrected chi connectivity index (χ4v) is 6.16. The number of rotatable bonds is 13. The van der Waals surface area contributed by atoms with E-state index in [9.17, 15) is 70.6 Å². The number of carboxylic acids is 1. The number of hydrogen-bond donors (Lipinski definition) is 12. The highest BCUT2D eigenvalue weighted by Crippen LogP contribution is 2.45. The molecule has 22 nitrogen and oxygen atoms in total. The number of hydrogen-bond acceptors (Lipinski definition) is 20. The van der Waals surface area contributed by atoms with E-state index in [1.54, 1.807) is 0 Å². The van der Waals surface area contributed by atoms with Gasteiger partial charge in [-0.1, -0.05) is 12.1 Å². The van der Waals surface area contributed by atoms with Crippen molar-refractivity contribution < 1.29 is 109 Å². The van der Waals surface area contributed by atoms with Crippen molar-refractivity contribution in [3.63, 3.8) is 0 Å². The highest BCUT2D eigenvalue weighted by atomic mass is 16.7. The number of aromatic hydroxyl groups is 5. The van der Waals surface area contributed by atoms with Crippen LogP contribution in [0.3, 0.4) is 0 Å². The number of carbonyl (C=O) groups is 3. The molecule has 2 aliphatic rings. The van der Waals surface area contributed by atoms with Crippen LogP contribution in [0.25, 0.3) is 28.4 Å². The first-order valence-electron chi connectivity index (χ1n) is 18.0. The van der Waals surface area contributed by atoms with Crippen molar-refractivity contribution in [3.05, 3.63) is 66.2 Å². The van der Waals surface area contributed by atoms with Gasteiger partial charge in [-0.25, -0.2) is 9.21 Å². The van der Waals surface area contributed by atoms with Gasteiger partial charge >= 0.3 is 29.3 Å². The molecule has 4 aromatic rings. The average molecular weight is 860 g/mol. The number of esters is 2. The van der Waals surface area contributed by atoms with Gasteiger partial charge in [-0.3, -0.25) is 9.59 Å². The number of benzene rings is 3. The van der Waals surface area contributed by atoms with E-state index in [1.165, 1.54) is 30.3 Å². The van der Waals surface area contributed by atoms with E-state index in [2.05, 4.69) is 0 Å². The number of aliphatic hydroxyl groups is 6. The Kier molecular flexibility index (Phi) is 13.3. The Morgan fingerprint density at radius 2 is 1.21 bits per heavy atom. The van der Waals surface area contributed by atoms with Gasteiger partial charge in [0.25, 0.3) is 0 Å². The lowest BCUT2D eigenvalue weighted by Crippen LogP contribution is -2.60. The molecule has 22 heteroatoms. The standard InChI is InChI=1S/C39H38O22/c40-17-4-1-15(2-5-17)3-6-28(46)55-13-25-31(49)34(52)36(54)39(61-25)59-24-11-19-22(57-37(24)16-7-20(42)30(48)21(43)8-16)9-18(41)10-23(19)58-38-35(53)33(51)32(50)26(60-38)14-56-29(47)12-27(44)45/h1-11,25-26,31-36,38-39,49-54H,12-14H2,(H5-,40,41,42,43,44,45,46,48)/p+1/t25?,26?,31-,32-,33?,34?,35?,36?,38-,39+/m1/s1. The Morgan fingerprint density at radius 1 is 0.656 bits per heavy atom. The first-order valence-corrected chi connectivity index (χ1v) is 18.0. The highest BCUT2D eigenvalue weighted by Gasteiger charge is 2.48. The van der Waals surface area contributed by atoms with Crippen LogP contribution in [-0.4, -0.2) is 154 Å². The minimum Gasteiger partial charge on any atom is -0.508 e. The second kappa shape index (κ2) is 18.4. The molecule has 2 saturated heterocycles. The Bertz CT molecular complexity index is 2250. The first kappa shape index (κ1) is 44.1. The van der Waals surface area contributed by atoms with Crippen LogP contribution in [0.15, 0.2) is 65.1 Å². The van der Waals surface area contributed by atoms with Crippen molar-refractivity contribution in [1.29, 1.82) is 0 Å². The van der Waals surface area contributed by atoms with Crippen LogP contribution in [0.1, 0.15) is 12.0 Å². The van der Waals surface area contributed by atoms with Crippen LogP contribution in [-0.2, 0) is 33.3 Å². The number of carboxylic acid groups (broad SMARTS) is 1. The molecule has 3 aromatic carbocycles. The molecule has 1 aromatic heterocycles. The van der Waals surface area contributed by atoms with Crippen molar-refractivity contribution in [1.82, 2.24) is 0 Å². The predicted octanol–water partition coefficient (Wildman–Crippen LogP) is -0.444. The normalized spacial score (nSPS) is 26.5. The number of fused-ring (bicyclic) bond motifs is 1. The summed E-state index contributed by atoms with van der Waals surface area (Å²) in [6.45, 7) is -1.47. The lowest BCUT2D eigenvalue weighted by atomic mass is 9.99. The Labute approximate surface area is 342 Å². The summed E-state index contributed by atoms with van der Waals surface area (Å²) in [5.41, 5.74) is 0.0857. The van der Waals surface area contributed by atoms with Gasteiger partial charge in [0, 0.05) is 30.3 Å². The van der Waals surface area contributed by atoms with E-state index in [0.717, 1.165) is 36.4 Å². The van der Waals surface area contributed by atoms with Crippen LogP contribution < -0.4 is 9.47 Å². The lowest BCUT2D eigenvalue weighted by molar-refractivity contribution is -0.278. The number of carbonyl (C=O) groups excluding carboxylic acids is 2. The number of ether oxygens (including phenoxy) is 6. The predicted molar refractivity (Wildman–Crippen MR) is 199 cm³/mol. The monoisotopic (exact) mass is 859 g/mol. The van der Waals surface area contributed by atoms with Crippen molar-refractivity contribution in [3.8, 4) is 51.6 Å². The number of phenolic OH excluding ortho intramolecular Hbond substituents is 5. The summed E-state index contributed by atoms with van der Waals surface area (Å²) in [6, 6.07) is 10.9. The number of aliphatic carboxylic acids is 1. The highest BCUT2D eigenvalue weighted by molar-refractivity contribution is 5.90. The quantitative estimate of drug-likeness (QED) is 0.0266. The molecule has 10 atom stereocenters. The molecule has 3 heterocycles. The lowest BCUT2D eigenvalue weighted by Gasteiger charge is -2.40. The SMILES string of the molecule is O=C(O)CC(=O)OCC1O[C@@H](Oc2cc(O)cc3[o+]c(-c4cc(O)c(O)c(O)c4)c(O[C@H]4OC(COC(=O)/C=C/c5ccc(O)cc5)[C@@H](O)C(O)C4O)cc23)C(O)C(O)[C@@H]1O. The minimum absolute atomic E-state index is 0.00234. The summed E-state index contributed by atoms with van der Waals surface area (Å²) in [4.78, 5) is 35.2. The first-order chi connectivity index (χ1) is 28.9. The summed E-state index contributed by atoms with van der Waals surface area (Å²) in [5, 5.41) is 124. The van der Waals surface area contributed by atoms with Crippen molar-refractivity contribution in [2.75, 3.05) is 13.2 Å². The van der Waals surface area contributed by atoms with Gasteiger partial charge in [-0.05, 0) is 23.8 Å². The molecule has 0 spiro atoms. The molecule has 2 aliphatic heterocycles. The second-order valence-electron chi connectivity index (χ2n) is 13.7. The Hall–Kier alpha value is -6.50. The van der Waals surface area contributed by atoms with Gasteiger partial charge in [0.15, 0.2) is 17.2 Å². The number of aliphatic hydroxyl groups excluding tert-OH is 6. The van der Waals surface area contributed by atoms with Crippen LogP contribution in [0.4, 0.5) is 0 Å². The van der Waals surface area contributed by atoms with E-state index in [0.29, 0.717) is 5.56 Å². The zero-order valence-corrected chi connectivity index (χ0v) is 31.2. The van der Waals surface area contributed by atoms with Gasteiger partial charge in [0.2, 0.25) is 18.3 Å². The summed E-state index contributed by atoms with van der Waals surface area (Å²) in [5.74, 6) is -7.96. The van der Waals surface area contributed by atoms with E-state index in [4.69, 9.17) is 37.9 Å². The molecule has 12 N–H and O–H groups in total. The van der Waals surface area contributed by atoms with Gasteiger partial charge in [0.1, 0.15) is 91.1 Å². The third kappa shape index (κ3) is 10.1. The van der Waals surface area contributed by atoms with Gasteiger partial charge in [-0.2, -0.15) is 0 Å². The van der Waals surface area contributed by atoms with Crippen LogP contribution in [0.2, 0.25) is 0 Å². The molecule has 0 bridgehead atoms. The van der Waals surface area contributed by atoms with Crippen molar-refractivity contribution in [2.45, 2.75) is 67.8 Å². The fraction of sp³-hybridized carbons (Fsp3) is 0.333. The molecule has 326 valence electrons. The van der Waals surface area contributed by atoms with E-state index in [-0.39, 0.29) is 28.0 Å². The molecular weight excluding hydrogens is 820 g/mol. The summed E-state index contributed by atoms with van der Waals surface area (Å²) >= 11 is 0. The Balaban J connectivity index is 1.31. The fourth-order valence-electron chi connectivity index (χ4n) is 6.16. The summed E-state index contributed by atoms with van der Waals surface area (Å²) in [6.07, 6.45) is -17.2. The molecule has 0 amide bonds. The van der Waals surface area contributed by atoms with Gasteiger partial charge < -0.3 is 89.7 Å². The maximum Gasteiger partial charge on any atom is 0.402 e. The summed E-state index contributed by atoms with van der Waals surface area (Å²) < 4.78 is 39.1. The molecule has 0 saturated carbocycles. The van der Waals surface area contributed by atoms with Crippen molar-refractivity contribution >= 4 is 35.0 Å². The van der Waals surface area contributed by atoms with E-state index >= 15 is 0 Å². The van der Waals surface area contributed by atoms with Crippen LogP contribution in [0, 0.1) is 0 Å². The molecule has 0 aliphatic carbocycles. The smallest absolute Gasteiger partial charge is 0.402 e. The van der Waals surface area contributed by atoms with Gasteiger partial charge in [0.05, 0.1) is 11.6 Å². The van der Waals surface area contributed by atoms with E-state index in [1.807, 2.05) is 0 Å². The van der Waals surface area contributed by atoms with Crippen LogP contribution >= 0.6 is 0 Å². The van der Waals surface area contributed by atoms with Crippen molar-refractivity contribution in [2.24, 2.45) is 0 Å². The third-order valence-electron chi connectivity index (χ3n) is 9.35. The Morgan fingerprint density at radius 3 is 1.79 bits per heavy atom. The molecule has 61 heavy (non-hydrogen) atoms. The third-order valence-corrected chi connectivity index (χ3v) is 9.35. The summed E-state index contributed by atoms with van der Waals surface area (Å²) in [7, 11) is 0. The number of phenols is 5. The zero-order valence-electron chi connectivity index (χ0n) is 31.2. The maximum atomic E-state index is 12.5. The zero-order chi connectivity index (χ0) is 44.3. The average Bonchev–Trinajstić information content (AvgIpc) is 3.21.